The monoisotopic (exact) mass is 391 g/mol. The van der Waals surface area contributed by atoms with Gasteiger partial charge in [-0.05, 0) is 19.8 Å². The lowest BCUT2D eigenvalue weighted by atomic mass is 10.1. The summed E-state index contributed by atoms with van der Waals surface area (Å²) in [5.74, 6) is -0.532. The minimum atomic E-state index is -2.60. The van der Waals surface area contributed by atoms with Crippen molar-refractivity contribution < 1.29 is 32.3 Å². The lowest BCUT2D eigenvalue weighted by Crippen LogP contribution is -2.43. The molecule has 1 rings (SSSR count). The van der Waals surface area contributed by atoms with Crippen LogP contribution < -0.4 is 5.32 Å². The number of rotatable bonds is 12. The topological polar surface area (TPSA) is 92.3 Å². The van der Waals surface area contributed by atoms with Gasteiger partial charge in [0.15, 0.2) is 0 Å². The quantitative estimate of drug-likeness (QED) is 0.307. The number of hydrogen-bond donors (Lipinski definition) is 1. The Morgan fingerprint density at radius 2 is 1.81 bits per heavy atom. The first kappa shape index (κ1) is 23.0. The normalized spacial score (nSPS) is 23.0. The van der Waals surface area contributed by atoms with Crippen molar-refractivity contribution in [3.63, 3.8) is 0 Å². The summed E-state index contributed by atoms with van der Waals surface area (Å²) in [5.41, 5.74) is 0. The van der Waals surface area contributed by atoms with Crippen LogP contribution in [-0.4, -0.2) is 66.9 Å². The van der Waals surface area contributed by atoms with Crippen LogP contribution in [0.4, 0.5) is 0 Å². The van der Waals surface area contributed by atoms with E-state index in [0.717, 1.165) is 6.42 Å². The van der Waals surface area contributed by atoms with Gasteiger partial charge in [-0.3, -0.25) is 9.59 Å². The molecule has 0 spiro atoms. The molecule has 0 bridgehead atoms. The third-order valence-electron chi connectivity index (χ3n) is 4.54. The molecule has 0 aromatic rings. The molecule has 26 heavy (non-hydrogen) atoms. The molecule has 0 aromatic heterocycles. The minimum absolute atomic E-state index is 0.0467. The smallest absolute Gasteiger partial charge is 0.459 e. The first-order valence-corrected chi connectivity index (χ1v) is 11.1. The zero-order valence-electron chi connectivity index (χ0n) is 16.5. The molecule has 0 radical (unpaired) electrons. The Kier molecular flexibility index (Phi) is 10.3. The number of carbonyl (C=O) groups is 2. The predicted molar refractivity (Wildman–Crippen MR) is 97.6 cm³/mol. The summed E-state index contributed by atoms with van der Waals surface area (Å²) in [5, 5.41) is 2.79. The molecular formula is C17H33NO7Si. The third-order valence-corrected chi connectivity index (χ3v) is 7.37. The van der Waals surface area contributed by atoms with Crippen LogP contribution in [-0.2, 0) is 32.3 Å². The summed E-state index contributed by atoms with van der Waals surface area (Å²) in [7, 11) is 2.07. The number of nitrogens with one attached hydrogen (secondary N) is 1. The molecule has 1 fully saturated rings. The zero-order chi connectivity index (χ0) is 19.6. The maximum Gasteiger partial charge on any atom is 0.500 e. The van der Waals surface area contributed by atoms with Crippen LogP contribution in [0, 0.1) is 0 Å². The number of amides is 1. The summed E-state index contributed by atoms with van der Waals surface area (Å²) in [4.78, 5) is 23.8. The molecule has 3 atom stereocenters. The van der Waals surface area contributed by atoms with Gasteiger partial charge in [0.2, 0.25) is 5.91 Å². The molecule has 1 N–H and O–H groups in total. The zero-order valence-corrected chi connectivity index (χ0v) is 17.5. The van der Waals surface area contributed by atoms with Gasteiger partial charge in [0.25, 0.3) is 0 Å². The van der Waals surface area contributed by atoms with E-state index in [1.54, 1.807) is 21.3 Å². The molecular weight excluding hydrogens is 358 g/mol. The van der Waals surface area contributed by atoms with Crippen molar-refractivity contribution in [2.24, 2.45) is 0 Å². The molecule has 0 aromatic carbocycles. The fraction of sp³-hybridized carbons (Fsp3) is 0.882. The van der Waals surface area contributed by atoms with E-state index >= 15 is 0 Å². The van der Waals surface area contributed by atoms with Gasteiger partial charge in [0.1, 0.15) is 6.10 Å². The highest BCUT2D eigenvalue weighted by Crippen LogP contribution is 2.25. The van der Waals surface area contributed by atoms with Crippen molar-refractivity contribution in [1.82, 2.24) is 5.32 Å². The SMILES string of the molecule is CC[C@H]1O[C@@H](C)C[C@H]1OC(=O)CCC(=O)NCCC[Si](OC)(OC)OC. The minimum Gasteiger partial charge on any atom is -0.459 e. The lowest BCUT2D eigenvalue weighted by Gasteiger charge is -2.24. The average molecular weight is 392 g/mol. The second-order valence-electron chi connectivity index (χ2n) is 6.41. The number of esters is 1. The van der Waals surface area contributed by atoms with Crippen molar-refractivity contribution in [3.8, 4) is 0 Å². The molecule has 1 aliphatic heterocycles. The second kappa shape index (κ2) is 11.7. The van der Waals surface area contributed by atoms with E-state index in [-0.39, 0.29) is 43.0 Å². The molecule has 0 aliphatic carbocycles. The Morgan fingerprint density at radius 1 is 1.15 bits per heavy atom. The number of carbonyl (C=O) groups excluding carboxylic acids is 2. The summed E-state index contributed by atoms with van der Waals surface area (Å²) in [6.07, 6.45) is 2.21. The van der Waals surface area contributed by atoms with Gasteiger partial charge < -0.3 is 28.1 Å². The fourth-order valence-corrected chi connectivity index (χ4v) is 4.75. The van der Waals surface area contributed by atoms with Gasteiger partial charge in [-0.2, -0.15) is 0 Å². The Bertz CT molecular complexity index is 437. The van der Waals surface area contributed by atoms with Crippen LogP contribution in [0.2, 0.25) is 6.04 Å². The standard InChI is InChI=1S/C17H33NO7Si/c1-6-14-15(12-13(2)24-14)25-17(20)9-8-16(19)18-10-7-11-26(21-3,22-4)23-5/h13-15H,6-12H2,1-5H3,(H,18,19)/t13-,14+,15+/m0/s1. The van der Waals surface area contributed by atoms with E-state index in [4.69, 9.17) is 22.8 Å². The fourth-order valence-electron chi connectivity index (χ4n) is 3.02. The van der Waals surface area contributed by atoms with E-state index in [1.807, 2.05) is 13.8 Å². The Hall–Kier alpha value is -1.00. The molecule has 1 aliphatic rings. The van der Waals surface area contributed by atoms with Crippen LogP contribution in [0.3, 0.4) is 0 Å². The summed E-state index contributed by atoms with van der Waals surface area (Å²) in [6.45, 7) is 4.45. The highest BCUT2D eigenvalue weighted by molar-refractivity contribution is 6.60. The van der Waals surface area contributed by atoms with Gasteiger partial charge in [-0.25, -0.2) is 0 Å². The maximum absolute atomic E-state index is 11.9. The molecule has 8 nitrogen and oxygen atoms in total. The van der Waals surface area contributed by atoms with Crippen LogP contribution in [0.1, 0.15) is 46.0 Å². The summed E-state index contributed by atoms with van der Waals surface area (Å²) in [6, 6.07) is 0.608. The van der Waals surface area contributed by atoms with Crippen LogP contribution in [0.25, 0.3) is 0 Å². The van der Waals surface area contributed by atoms with Gasteiger partial charge >= 0.3 is 14.8 Å². The highest BCUT2D eigenvalue weighted by atomic mass is 28.4. The van der Waals surface area contributed by atoms with Crippen molar-refractivity contribution in [2.45, 2.75) is 70.3 Å². The molecule has 152 valence electrons. The molecule has 1 amide bonds. The van der Waals surface area contributed by atoms with E-state index in [9.17, 15) is 9.59 Å². The predicted octanol–water partition coefficient (Wildman–Crippen LogP) is 1.65. The van der Waals surface area contributed by atoms with Crippen LogP contribution in [0.5, 0.6) is 0 Å². The highest BCUT2D eigenvalue weighted by Gasteiger charge is 2.37. The maximum atomic E-state index is 11.9. The Labute approximate surface area is 157 Å². The van der Waals surface area contributed by atoms with Crippen molar-refractivity contribution >= 4 is 20.7 Å². The molecule has 1 heterocycles. The van der Waals surface area contributed by atoms with Crippen molar-refractivity contribution in [2.75, 3.05) is 27.9 Å². The van der Waals surface area contributed by atoms with Gasteiger partial charge in [0, 0.05) is 46.8 Å². The largest absolute Gasteiger partial charge is 0.500 e. The number of ether oxygens (including phenoxy) is 2. The van der Waals surface area contributed by atoms with E-state index < -0.39 is 8.80 Å². The molecule has 9 heteroatoms. The molecule has 1 saturated heterocycles. The first-order chi connectivity index (χ1) is 12.4. The lowest BCUT2D eigenvalue weighted by molar-refractivity contribution is -0.152. The second-order valence-corrected chi connectivity index (χ2v) is 9.50. The van der Waals surface area contributed by atoms with Gasteiger partial charge in [-0.15, -0.1) is 0 Å². The van der Waals surface area contributed by atoms with E-state index in [1.165, 1.54) is 0 Å². The van der Waals surface area contributed by atoms with Gasteiger partial charge in [0.05, 0.1) is 18.6 Å². The first-order valence-electron chi connectivity index (χ1n) is 9.16. The van der Waals surface area contributed by atoms with Crippen LogP contribution >= 0.6 is 0 Å². The van der Waals surface area contributed by atoms with Crippen molar-refractivity contribution in [1.29, 1.82) is 0 Å². The Balaban J connectivity index is 2.20. The number of hydrogen-bond acceptors (Lipinski definition) is 7. The molecule has 0 saturated carbocycles. The Morgan fingerprint density at radius 3 is 2.38 bits per heavy atom. The van der Waals surface area contributed by atoms with Crippen LogP contribution in [0.15, 0.2) is 0 Å². The van der Waals surface area contributed by atoms with Crippen molar-refractivity contribution in [3.05, 3.63) is 0 Å². The van der Waals surface area contributed by atoms with E-state index in [2.05, 4.69) is 5.32 Å². The average Bonchev–Trinajstić information content (AvgIpc) is 3.00. The summed E-state index contributed by atoms with van der Waals surface area (Å²) < 4.78 is 27.1. The molecule has 0 unspecified atom stereocenters. The third kappa shape index (κ3) is 7.32. The summed E-state index contributed by atoms with van der Waals surface area (Å²) >= 11 is 0. The van der Waals surface area contributed by atoms with Gasteiger partial charge in [-0.1, -0.05) is 6.92 Å². The van der Waals surface area contributed by atoms with E-state index in [0.29, 0.717) is 25.4 Å².